The molecule has 0 saturated heterocycles. The topological polar surface area (TPSA) is 68.3 Å². The first kappa shape index (κ1) is 15.3. The number of nitriles is 1. The molecule has 1 aromatic rings. The van der Waals surface area contributed by atoms with Gasteiger partial charge in [-0.25, -0.2) is 0 Å². The van der Waals surface area contributed by atoms with Crippen LogP contribution in [0.5, 0.6) is 11.5 Å². The largest absolute Gasteiger partial charge is 0.493 e. The van der Waals surface area contributed by atoms with Gasteiger partial charge < -0.3 is 15.2 Å². The number of aryl methyl sites for hydroxylation is 1. The first-order valence-electron chi connectivity index (χ1n) is 6.45. The third kappa shape index (κ3) is 4.46. The van der Waals surface area contributed by atoms with Gasteiger partial charge in [-0.3, -0.25) is 0 Å². The van der Waals surface area contributed by atoms with E-state index in [1.807, 2.05) is 25.1 Å². The summed E-state index contributed by atoms with van der Waals surface area (Å²) >= 11 is 0. The zero-order valence-electron chi connectivity index (χ0n) is 12.1. The third-order valence-electron chi connectivity index (χ3n) is 2.93. The van der Waals surface area contributed by atoms with Gasteiger partial charge in [0.15, 0.2) is 11.5 Å². The zero-order valence-corrected chi connectivity index (χ0v) is 12.1. The standard InChI is InChI=1S/C15H22N2O2/c1-5-12-6-7-13(14(8-12)18-4)19-11(2)9-15(3,17)10-16/h6-8,11H,5,9,17H2,1-4H3. The van der Waals surface area contributed by atoms with E-state index in [2.05, 4.69) is 13.0 Å². The van der Waals surface area contributed by atoms with Gasteiger partial charge in [-0.1, -0.05) is 13.0 Å². The van der Waals surface area contributed by atoms with Gasteiger partial charge in [0.1, 0.15) is 5.54 Å². The molecule has 2 N–H and O–H groups in total. The number of rotatable bonds is 6. The smallest absolute Gasteiger partial charge is 0.161 e. The lowest BCUT2D eigenvalue weighted by molar-refractivity contribution is 0.184. The van der Waals surface area contributed by atoms with Crippen molar-refractivity contribution < 1.29 is 9.47 Å². The summed E-state index contributed by atoms with van der Waals surface area (Å²) in [6, 6.07) is 7.95. The molecule has 0 aliphatic carbocycles. The molecule has 0 bridgehead atoms. The highest BCUT2D eigenvalue weighted by atomic mass is 16.5. The van der Waals surface area contributed by atoms with Crippen LogP contribution in [0.4, 0.5) is 0 Å². The van der Waals surface area contributed by atoms with E-state index in [0.29, 0.717) is 17.9 Å². The molecule has 1 aromatic carbocycles. The maximum Gasteiger partial charge on any atom is 0.161 e. The molecule has 4 heteroatoms. The Balaban J connectivity index is 2.79. The Hall–Kier alpha value is -1.73. The molecule has 0 aliphatic heterocycles. The maximum atomic E-state index is 8.92. The molecule has 19 heavy (non-hydrogen) atoms. The van der Waals surface area contributed by atoms with Crippen LogP contribution in [-0.4, -0.2) is 18.8 Å². The summed E-state index contributed by atoms with van der Waals surface area (Å²) in [6.07, 6.45) is 1.25. The molecular weight excluding hydrogens is 240 g/mol. The molecule has 0 fully saturated rings. The predicted molar refractivity (Wildman–Crippen MR) is 75.3 cm³/mol. The van der Waals surface area contributed by atoms with Gasteiger partial charge in [-0.05, 0) is 38.0 Å². The lowest BCUT2D eigenvalue weighted by atomic mass is 9.98. The quantitative estimate of drug-likeness (QED) is 0.855. The molecular formula is C15H22N2O2. The van der Waals surface area contributed by atoms with E-state index < -0.39 is 5.54 Å². The number of nitrogens with zero attached hydrogens (tertiary/aromatic N) is 1. The SMILES string of the molecule is CCc1ccc(OC(C)CC(C)(N)C#N)c(OC)c1. The van der Waals surface area contributed by atoms with Crippen LogP contribution in [0.1, 0.15) is 32.8 Å². The summed E-state index contributed by atoms with van der Waals surface area (Å²) in [5.74, 6) is 1.39. The number of nitrogens with two attached hydrogens (primary N) is 1. The number of ether oxygens (including phenoxy) is 2. The van der Waals surface area contributed by atoms with Gasteiger partial charge in [0, 0.05) is 6.42 Å². The summed E-state index contributed by atoms with van der Waals surface area (Å²) < 4.78 is 11.1. The van der Waals surface area contributed by atoms with Crippen LogP contribution in [0, 0.1) is 11.3 Å². The fourth-order valence-corrected chi connectivity index (χ4v) is 1.93. The van der Waals surface area contributed by atoms with Crippen molar-refractivity contribution in [2.24, 2.45) is 5.73 Å². The molecule has 0 spiro atoms. The minimum absolute atomic E-state index is 0.156. The second kappa shape index (κ2) is 6.44. The average molecular weight is 262 g/mol. The molecule has 4 nitrogen and oxygen atoms in total. The number of hydrogen-bond acceptors (Lipinski definition) is 4. The van der Waals surface area contributed by atoms with E-state index in [1.54, 1.807) is 14.0 Å². The van der Waals surface area contributed by atoms with Crippen molar-refractivity contribution in [3.05, 3.63) is 23.8 Å². The van der Waals surface area contributed by atoms with Gasteiger partial charge >= 0.3 is 0 Å². The Bertz CT molecular complexity index is 464. The van der Waals surface area contributed by atoms with Crippen LogP contribution in [0.3, 0.4) is 0 Å². The lowest BCUT2D eigenvalue weighted by Gasteiger charge is -2.22. The number of hydrogen-bond donors (Lipinski definition) is 1. The van der Waals surface area contributed by atoms with Gasteiger partial charge in [-0.2, -0.15) is 5.26 Å². The molecule has 1 rings (SSSR count). The van der Waals surface area contributed by atoms with Crippen molar-refractivity contribution in [3.63, 3.8) is 0 Å². The van der Waals surface area contributed by atoms with Gasteiger partial charge in [0.05, 0.1) is 19.3 Å². The third-order valence-corrected chi connectivity index (χ3v) is 2.93. The lowest BCUT2D eigenvalue weighted by Crippen LogP contribution is -2.38. The van der Waals surface area contributed by atoms with Crippen molar-refractivity contribution in [2.45, 2.75) is 45.3 Å². The average Bonchev–Trinajstić information content (AvgIpc) is 2.38. The summed E-state index contributed by atoms with van der Waals surface area (Å²) in [4.78, 5) is 0. The first-order chi connectivity index (χ1) is 8.91. The molecule has 0 amide bonds. The molecule has 0 radical (unpaired) electrons. The molecule has 2 unspecified atom stereocenters. The molecule has 2 atom stereocenters. The van der Waals surface area contributed by atoms with Gasteiger partial charge in [-0.15, -0.1) is 0 Å². The molecule has 104 valence electrons. The van der Waals surface area contributed by atoms with E-state index in [1.165, 1.54) is 5.56 Å². The van der Waals surface area contributed by atoms with Crippen LogP contribution in [-0.2, 0) is 6.42 Å². The van der Waals surface area contributed by atoms with Crippen LogP contribution in [0.15, 0.2) is 18.2 Å². The van der Waals surface area contributed by atoms with Crippen molar-refractivity contribution in [3.8, 4) is 17.6 Å². The second-order valence-corrected chi connectivity index (χ2v) is 5.00. The normalized spacial score (nSPS) is 15.2. The highest BCUT2D eigenvalue weighted by molar-refractivity contribution is 5.43. The van der Waals surface area contributed by atoms with Crippen LogP contribution in [0.2, 0.25) is 0 Å². The van der Waals surface area contributed by atoms with E-state index in [4.69, 9.17) is 20.5 Å². The Labute approximate surface area is 115 Å². The predicted octanol–water partition coefficient (Wildman–Crippen LogP) is 2.66. The van der Waals surface area contributed by atoms with E-state index in [-0.39, 0.29) is 6.10 Å². The van der Waals surface area contributed by atoms with Crippen LogP contribution < -0.4 is 15.2 Å². The Morgan fingerprint density at radius 2 is 2.11 bits per heavy atom. The Morgan fingerprint density at radius 1 is 1.42 bits per heavy atom. The van der Waals surface area contributed by atoms with Crippen molar-refractivity contribution in [2.75, 3.05) is 7.11 Å². The molecule has 0 heterocycles. The highest BCUT2D eigenvalue weighted by Gasteiger charge is 2.22. The zero-order chi connectivity index (χ0) is 14.5. The molecule has 0 saturated carbocycles. The molecule has 0 aromatic heterocycles. The number of benzene rings is 1. The minimum atomic E-state index is -0.879. The Morgan fingerprint density at radius 3 is 2.63 bits per heavy atom. The fourth-order valence-electron chi connectivity index (χ4n) is 1.93. The fraction of sp³-hybridized carbons (Fsp3) is 0.533. The van der Waals surface area contributed by atoms with E-state index in [0.717, 1.165) is 6.42 Å². The highest BCUT2D eigenvalue weighted by Crippen LogP contribution is 2.30. The van der Waals surface area contributed by atoms with Crippen molar-refractivity contribution in [1.29, 1.82) is 5.26 Å². The van der Waals surface area contributed by atoms with Crippen molar-refractivity contribution >= 4 is 0 Å². The Kier molecular flexibility index (Phi) is 5.20. The van der Waals surface area contributed by atoms with E-state index >= 15 is 0 Å². The summed E-state index contributed by atoms with van der Waals surface area (Å²) in [6.45, 7) is 5.69. The summed E-state index contributed by atoms with van der Waals surface area (Å²) in [5, 5.41) is 8.92. The van der Waals surface area contributed by atoms with Gasteiger partial charge in [0.2, 0.25) is 0 Å². The van der Waals surface area contributed by atoms with Crippen LogP contribution >= 0.6 is 0 Å². The number of methoxy groups -OCH3 is 1. The second-order valence-electron chi connectivity index (χ2n) is 5.00. The monoisotopic (exact) mass is 262 g/mol. The molecule has 0 aliphatic rings. The van der Waals surface area contributed by atoms with Crippen LogP contribution in [0.25, 0.3) is 0 Å². The minimum Gasteiger partial charge on any atom is -0.493 e. The first-order valence-corrected chi connectivity index (χ1v) is 6.45. The summed E-state index contributed by atoms with van der Waals surface area (Å²) in [5.41, 5.74) is 6.13. The van der Waals surface area contributed by atoms with Gasteiger partial charge in [0.25, 0.3) is 0 Å². The maximum absolute atomic E-state index is 8.92. The van der Waals surface area contributed by atoms with Crippen molar-refractivity contribution in [1.82, 2.24) is 0 Å². The van der Waals surface area contributed by atoms with E-state index in [9.17, 15) is 0 Å². The summed E-state index contributed by atoms with van der Waals surface area (Å²) in [7, 11) is 1.62.